The third-order valence-corrected chi connectivity index (χ3v) is 3.49. The van der Waals surface area contributed by atoms with E-state index in [0.29, 0.717) is 15.6 Å². The lowest BCUT2D eigenvalue weighted by Crippen LogP contribution is -2.03. The van der Waals surface area contributed by atoms with Gasteiger partial charge in [0.2, 0.25) is 5.75 Å². The molecular weight excluding hydrogens is 349 g/mol. The van der Waals surface area contributed by atoms with Crippen LogP contribution in [0.2, 0.25) is 10.0 Å². The van der Waals surface area contributed by atoms with Gasteiger partial charge in [-0.3, -0.25) is 10.1 Å². The van der Waals surface area contributed by atoms with E-state index in [2.05, 4.69) is 0 Å². The van der Waals surface area contributed by atoms with Crippen molar-refractivity contribution in [2.45, 2.75) is 6.61 Å². The van der Waals surface area contributed by atoms with E-state index in [-0.39, 0.29) is 12.4 Å². The molecule has 0 saturated heterocycles. The van der Waals surface area contributed by atoms with Gasteiger partial charge in [-0.2, -0.15) is 0 Å². The van der Waals surface area contributed by atoms with E-state index in [1.165, 1.54) is 6.07 Å². The van der Waals surface area contributed by atoms with Crippen LogP contribution in [0.1, 0.15) is 15.9 Å². The number of hydrogen-bond acceptors (Lipinski definition) is 5. The molecule has 0 spiro atoms. The van der Waals surface area contributed by atoms with Crippen LogP contribution < -0.4 is 4.74 Å². The number of hydrogen-bond donors (Lipinski definition) is 2. The van der Waals surface area contributed by atoms with Gasteiger partial charge in [-0.25, -0.2) is 4.79 Å². The summed E-state index contributed by atoms with van der Waals surface area (Å²) < 4.78 is 5.30. The van der Waals surface area contributed by atoms with Crippen LogP contribution in [-0.4, -0.2) is 21.1 Å². The number of carboxylic acids is 1. The average molecular weight is 358 g/mol. The summed E-state index contributed by atoms with van der Waals surface area (Å²) in [5.41, 5.74) is -0.647. The zero-order chi connectivity index (χ0) is 17.1. The summed E-state index contributed by atoms with van der Waals surface area (Å²) in [5, 5.41) is 30.3. The van der Waals surface area contributed by atoms with Crippen LogP contribution in [0.25, 0.3) is 0 Å². The van der Waals surface area contributed by atoms with Crippen LogP contribution in [0.5, 0.6) is 11.5 Å². The Bertz CT molecular complexity index is 793. The number of nitro benzene ring substituents is 1. The van der Waals surface area contributed by atoms with Crippen molar-refractivity contribution in [2.75, 3.05) is 0 Å². The quantitative estimate of drug-likeness (QED) is 0.620. The Balaban J connectivity index is 2.33. The number of nitrogens with zero attached hydrogens (tertiary/aromatic N) is 1. The molecule has 0 heterocycles. The van der Waals surface area contributed by atoms with Crippen molar-refractivity contribution in [2.24, 2.45) is 0 Å². The molecule has 0 fully saturated rings. The van der Waals surface area contributed by atoms with Crippen molar-refractivity contribution in [3.63, 3.8) is 0 Å². The Morgan fingerprint density at radius 1 is 1.26 bits per heavy atom. The van der Waals surface area contributed by atoms with Gasteiger partial charge in [-0.15, -0.1) is 0 Å². The van der Waals surface area contributed by atoms with Crippen molar-refractivity contribution in [1.82, 2.24) is 0 Å². The zero-order valence-electron chi connectivity index (χ0n) is 11.3. The van der Waals surface area contributed by atoms with Crippen molar-refractivity contribution in [3.05, 3.63) is 61.6 Å². The first-order valence-electron chi connectivity index (χ1n) is 6.11. The Hall–Kier alpha value is -2.51. The van der Waals surface area contributed by atoms with Crippen LogP contribution in [0.15, 0.2) is 30.3 Å². The number of nitro groups is 1. The van der Waals surface area contributed by atoms with Gasteiger partial charge in [-0.1, -0.05) is 29.3 Å². The highest BCUT2D eigenvalue weighted by molar-refractivity contribution is 6.35. The van der Waals surface area contributed by atoms with E-state index >= 15 is 0 Å². The van der Waals surface area contributed by atoms with Gasteiger partial charge in [-0.05, 0) is 12.1 Å². The third kappa shape index (κ3) is 3.82. The molecule has 0 atom stereocenters. The molecular formula is C14H9Cl2NO6. The molecule has 0 unspecified atom stereocenters. The first-order chi connectivity index (χ1) is 10.8. The molecule has 2 rings (SSSR count). The van der Waals surface area contributed by atoms with Gasteiger partial charge in [0.1, 0.15) is 17.9 Å². The number of benzene rings is 2. The lowest BCUT2D eigenvalue weighted by Gasteiger charge is -2.10. The predicted octanol–water partition coefficient (Wildman–Crippen LogP) is 3.88. The second-order valence-corrected chi connectivity index (χ2v) is 5.27. The second kappa shape index (κ2) is 6.72. The highest BCUT2D eigenvalue weighted by Crippen LogP contribution is 2.35. The Kier molecular flexibility index (Phi) is 4.92. The molecule has 7 nitrogen and oxygen atoms in total. The lowest BCUT2D eigenvalue weighted by atomic mass is 10.1. The van der Waals surface area contributed by atoms with E-state index in [4.69, 9.17) is 33.0 Å². The number of ether oxygens (including phenoxy) is 1. The van der Waals surface area contributed by atoms with Gasteiger partial charge in [0.15, 0.2) is 0 Å². The van der Waals surface area contributed by atoms with E-state index in [9.17, 15) is 20.0 Å². The van der Waals surface area contributed by atoms with E-state index in [0.717, 1.165) is 12.1 Å². The van der Waals surface area contributed by atoms with Gasteiger partial charge < -0.3 is 14.9 Å². The second-order valence-electron chi connectivity index (χ2n) is 4.42. The molecule has 0 aliphatic rings. The summed E-state index contributed by atoms with van der Waals surface area (Å²) >= 11 is 11.7. The minimum absolute atomic E-state index is 0.122. The monoisotopic (exact) mass is 357 g/mol. The van der Waals surface area contributed by atoms with Crippen LogP contribution in [-0.2, 0) is 6.61 Å². The lowest BCUT2D eigenvalue weighted by molar-refractivity contribution is -0.386. The Morgan fingerprint density at radius 2 is 1.96 bits per heavy atom. The first kappa shape index (κ1) is 16.9. The number of aromatic carboxylic acids is 1. The van der Waals surface area contributed by atoms with Gasteiger partial charge in [0.05, 0.1) is 4.92 Å². The summed E-state index contributed by atoms with van der Waals surface area (Å²) in [6.45, 7) is -0.122. The standard InChI is InChI=1S/C14H9Cl2NO6/c15-8-2-1-7(10(16)3-8)6-23-13-5-12(18)9(14(19)20)4-11(13)17(21)22/h1-5,18H,6H2,(H,19,20). The number of carboxylic acid groups (broad SMARTS) is 1. The summed E-state index contributed by atoms with van der Waals surface area (Å²) in [5.74, 6) is -2.40. The summed E-state index contributed by atoms with van der Waals surface area (Å²) in [6.07, 6.45) is 0. The molecule has 0 aromatic heterocycles. The molecule has 0 radical (unpaired) electrons. The topological polar surface area (TPSA) is 110 Å². The molecule has 120 valence electrons. The average Bonchev–Trinajstić information content (AvgIpc) is 2.45. The highest BCUT2D eigenvalue weighted by atomic mass is 35.5. The van der Waals surface area contributed by atoms with Crippen LogP contribution in [0.4, 0.5) is 5.69 Å². The SMILES string of the molecule is O=C(O)c1cc([N+](=O)[O-])c(OCc2ccc(Cl)cc2Cl)cc1O. The highest BCUT2D eigenvalue weighted by Gasteiger charge is 2.23. The minimum Gasteiger partial charge on any atom is -0.507 e. The molecule has 0 amide bonds. The van der Waals surface area contributed by atoms with Crippen molar-refractivity contribution in [3.8, 4) is 11.5 Å². The molecule has 23 heavy (non-hydrogen) atoms. The summed E-state index contributed by atoms with van der Waals surface area (Å²) in [7, 11) is 0. The van der Waals surface area contributed by atoms with Gasteiger partial charge in [0.25, 0.3) is 0 Å². The number of halogens is 2. The molecule has 9 heteroatoms. The normalized spacial score (nSPS) is 10.3. The number of aromatic hydroxyl groups is 1. The molecule has 0 aliphatic heterocycles. The Labute approximate surface area is 139 Å². The van der Waals surface area contributed by atoms with Crippen molar-refractivity contribution < 1.29 is 24.7 Å². The summed E-state index contributed by atoms with van der Waals surface area (Å²) in [6, 6.07) is 6.26. The maximum atomic E-state index is 11.0. The third-order valence-electron chi connectivity index (χ3n) is 2.90. The predicted molar refractivity (Wildman–Crippen MR) is 82.5 cm³/mol. The van der Waals surface area contributed by atoms with Crippen LogP contribution in [0, 0.1) is 10.1 Å². The van der Waals surface area contributed by atoms with Crippen molar-refractivity contribution >= 4 is 34.9 Å². The first-order valence-corrected chi connectivity index (χ1v) is 6.86. The van der Waals surface area contributed by atoms with E-state index in [1.807, 2.05) is 0 Å². The smallest absolute Gasteiger partial charge is 0.339 e. The van der Waals surface area contributed by atoms with Crippen molar-refractivity contribution in [1.29, 1.82) is 0 Å². The van der Waals surface area contributed by atoms with E-state index in [1.54, 1.807) is 12.1 Å². The molecule has 2 N–H and O–H groups in total. The van der Waals surface area contributed by atoms with Gasteiger partial charge in [0, 0.05) is 27.7 Å². The van der Waals surface area contributed by atoms with Crippen LogP contribution >= 0.6 is 23.2 Å². The molecule has 0 aliphatic carbocycles. The number of rotatable bonds is 5. The van der Waals surface area contributed by atoms with E-state index < -0.39 is 27.9 Å². The fraction of sp³-hybridized carbons (Fsp3) is 0.0714. The Morgan fingerprint density at radius 3 is 2.52 bits per heavy atom. The molecule has 2 aromatic rings. The minimum atomic E-state index is -1.49. The molecule has 0 bridgehead atoms. The fourth-order valence-corrected chi connectivity index (χ4v) is 2.24. The number of phenols is 1. The van der Waals surface area contributed by atoms with Gasteiger partial charge >= 0.3 is 11.7 Å². The zero-order valence-corrected chi connectivity index (χ0v) is 12.8. The molecule has 0 saturated carbocycles. The summed E-state index contributed by atoms with van der Waals surface area (Å²) in [4.78, 5) is 21.1. The van der Waals surface area contributed by atoms with Crippen LogP contribution in [0.3, 0.4) is 0 Å². The fourth-order valence-electron chi connectivity index (χ4n) is 1.78. The number of carbonyl (C=O) groups is 1. The maximum absolute atomic E-state index is 11.0. The molecule has 2 aromatic carbocycles. The largest absolute Gasteiger partial charge is 0.507 e. The maximum Gasteiger partial charge on any atom is 0.339 e.